The van der Waals surface area contributed by atoms with Crippen LogP contribution in [0.15, 0.2) is 28.8 Å². The van der Waals surface area contributed by atoms with Gasteiger partial charge in [0.25, 0.3) is 11.6 Å². The Morgan fingerprint density at radius 2 is 2.37 bits per heavy atom. The molecule has 8 nitrogen and oxygen atoms in total. The Hall–Kier alpha value is -1.59. The molecule has 1 saturated heterocycles. The normalized spacial score (nSPS) is 24.4. The number of β-lactam (4-membered cyclic amide) rings is 1. The van der Waals surface area contributed by atoms with E-state index >= 15 is 0 Å². The summed E-state index contributed by atoms with van der Waals surface area (Å²) in [6, 6.07) is 3.63. The highest BCUT2D eigenvalue weighted by molar-refractivity contribution is 8.00. The van der Waals surface area contributed by atoms with Crippen LogP contribution in [0.25, 0.3) is 0 Å². The summed E-state index contributed by atoms with van der Waals surface area (Å²) >= 11 is 8.37. The molecule has 27 heavy (non-hydrogen) atoms. The van der Waals surface area contributed by atoms with Crippen molar-refractivity contribution in [1.82, 2.24) is 10.2 Å². The molecule has 2 aliphatic rings. The van der Waals surface area contributed by atoms with Crippen LogP contribution in [0.4, 0.5) is 0 Å². The molecule has 1 aromatic heterocycles. The van der Waals surface area contributed by atoms with Crippen molar-refractivity contribution >= 4 is 52.5 Å². The van der Waals surface area contributed by atoms with Gasteiger partial charge < -0.3 is 19.9 Å². The van der Waals surface area contributed by atoms with Crippen molar-refractivity contribution in [3.63, 3.8) is 0 Å². The van der Waals surface area contributed by atoms with Gasteiger partial charge in [-0.3, -0.25) is 14.5 Å². The number of rotatable bonds is 8. The first-order valence-corrected chi connectivity index (χ1v) is 10.4. The van der Waals surface area contributed by atoms with Crippen LogP contribution in [0, 0.1) is 0 Å². The quantitative estimate of drug-likeness (QED) is 0.361. The average molecular weight is 433 g/mol. The van der Waals surface area contributed by atoms with Crippen molar-refractivity contribution in [3.8, 4) is 0 Å². The molecule has 0 aromatic carbocycles. The number of halogens is 1. The predicted octanol–water partition coefficient (Wildman–Crippen LogP) is 1.22. The lowest BCUT2D eigenvalue weighted by Crippen LogP contribution is -2.82. The zero-order valence-corrected chi connectivity index (χ0v) is 16.7. The van der Waals surface area contributed by atoms with Gasteiger partial charge in [-0.05, 0) is 17.0 Å². The second-order valence-electron chi connectivity index (χ2n) is 5.80. The van der Waals surface area contributed by atoms with E-state index in [1.165, 1.54) is 30.2 Å². The van der Waals surface area contributed by atoms with Gasteiger partial charge in [0.2, 0.25) is 5.91 Å². The zero-order chi connectivity index (χ0) is 19.6. The van der Waals surface area contributed by atoms with E-state index in [1.54, 1.807) is 0 Å². The summed E-state index contributed by atoms with van der Waals surface area (Å²) in [5.41, 5.74) is -1.43. The van der Waals surface area contributed by atoms with Gasteiger partial charge in [-0.2, -0.15) is 0 Å². The Bertz CT molecular complexity index is 784. The number of carboxylic acid groups (broad SMARTS) is 1. The molecule has 0 saturated carbocycles. The van der Waals surface area contributed by atoms with E-state index in [4.69, 9.17) is 21.1 Å². The highest BCUT2D eigenvalue weighted by atomic mass is 35.5. The van der Waals surface area contributed by atoms with Gasteiger partial charge in [-0.25, -0.2) is 4.79 Å². The minimum absolute atomic E-state index is 0.00583. The Balaban J connectivity index is 1.81. The number of amides is 2. The van der Waals surface area contributed by atoms with Crippen molar-refractivity contribution < 1.29 is 29.0 Å². The van der Waals surface area contributed by atoms with Crippen molar-refractivity contribution in [2.75, 3.05) is 24.7 Å². The largest absolute Gasteiger partial charge is 0.477 e. The molecule has 1 fully saturated rings. The van der Waals surface area contributed by atoms with Crippen LogP contribution in [0.5, 0.6) is 0 Å². The number of aliphatic carboxylic acids is 1. The summed E-state index contributed by atoms with van der Waals surface area (Å²) in [7, 11) is 1.27. The number of carboxylic acids is 1. The first-order chi connectivity index (χ1) is 12.9. The number of carbonyl (C=O) groups is 3. The van der Waals surface area contributed by atoms with Crippen molar-refractivity contribution in [2.24, 2.45) is 0 Å². The third-order valence-electron chi connectivity index (χ3n) is 4.23. The molecule has 2 N–H and O–H groups in total. The number of carbonyl (C=O) groups excluding carboxylic acids is 2. The summed E-state index contributed by atoms with van der Waals surface area (Å²) < 4.78 is 11.0. The molecule has 11 heteroatoms. The predicted molar refractivity (Wildman–Crippen MR) is 100 cm³/mol. The maximum Gasteiger partial charge on any atom is 0.352 e. The Labute approximate surface area is 168 Å². The summed E-state index contributed by atoms with van der Waals surface area (Å²) in [4.78, 5) is 38.7. The van der Waals surface area contributed by atoms with Crippen LogP contribution in [0.3, 0.4) is 0 Å². The Kier molecular flexibility index (Phi) is 6.11. The van der Waals surface area contributed by atoms with Crippen LogP contribution in [0.1, 0.15) is 4.88 Å². The van der Waals surface area contributed by atoms with E-state index in [-0.39, 0.29) is 23.9 Å². The summed E-state index contributed by atoms with van der Waals surface area (Å²) in [5, 5.41) is 14.3. The first-order valence-electron chi connectivity index (χ1n) is 7.87. The van der Waals surface area contributed by atoms with Gasteiger partial charge >= 0.3 is 5.97 Å². The molecule has 2 aliphatic heterocycles. The molecule has 146 valence electrons. The van der Waals surface area contributed by atoms with Gasteiger partial charge in [0.15, 0.2) is 6.23 Å². The van der Waals surface area contributed by atoms with Crippen LogP contribution in [-0.2, 0) is 30.3 Å². The molecule has 0 spiro atoms. The highest BCUT2D eigenvalue weighted by Gasteiger charge is 2.67. The molecular weight excluding hydrogens is 416 g/mol. The van der Waals surface area contributed by atoms with Gasteiger partial charge in [0.05, 0.1) is 18.2 Å². The number of nitrogens with one attached hydrogen (secondary N) is 1. The minimum Gasteiger partial charge on any atom is -0.477 e. The molecule has 1 aromatic rings. The summed E-state index contributed by atoms with van der Waals surface area (Å²) in [5.74, 6) is -2.01. The second kappa shape index (κ2) is 8.19. The second-order valence-corrected chi connectivity index (χ2v) is 8.40. The maximum atomic E-state index is 12.8. The minimum atomic E-state index is -1.74. The number of thioether (sulfide) groups is 1. The smallest absolute Gasteiger partial charge is 0.352 e. The number of thiophene rings is 1. The standard InChI is InChI=1S/C16H17ClN2O6S2/c1-24-16(18-11(20)5-10-3-2-4-27-10)14(23)19-12(13(21)22)9(7-26-8-17)6-25-15(16)19/h2-4,15H,5-8H2,1H3,(H,18,20)(H,21,22)/t15?,16-/m0/s1. The van der Waals surface area contributed by atoms with Crippen molar-refractivity contribution in [2.45, 2.75) is 18.4 Å². The summed E-state index contributed by atoms with van der Waals surface area (Å²) in [6.45, 7) is 0.00583. The van der Waals surface area contributed by atoms with E-state index in [0.717, 1.165) is 9.78 Å². The van der Waals surface area contributed by atoms with Gasteiger partial charge in [-0.1, -0.05) is 6.07 Å². The van der Waals surface area contributed by atoms with E-state index < -0.39 is 29.7 Å². The molecule has 2 atom stereocenters. The molecule has 2 amide bonds. The van der Waals surface area contributed by atoms with E-state index in [9.17, 15) is 19.5 Å². The molecule has 3 heterocycles. The third-order valence-corrected chi connectivity index (χ3v) is 6.27. The topological polar surface area (TPSA) is 105 Å². The van der Waals surface area contributed by atoms with Crippen LogP contribution in [-0.4, -0.2) is 64.4 Å². The zero-order valence-electron chi connectivity index (χ0n) is 14.3. The number of nitrogens with zero attached hydrogens (tertiary/aromatic N) is 1. The number of methoxy groups -OCH3 is 1. The first kappa shape index (κ1) is 20.2. The number of fused-ring (bicyclic) bond motifs is 1. The fraction of sp³-hybridized carbons (Fsp3) is 0.438. The van der Waals surface area contributed by atoms with E-state index in [0.29, 0.717) is 11.3 Å². The third kappa shape index (κ3) is 3.59. The van der Waals surface area contributed by atoms with Gasteiger partial charge in [0, 0.05) is 17.7 Å². The lowest BCUT2D eigenvalue weighted by molar-refractivity contribution is -0.258. The fourth-order valence-corrected chi connectivity index (χ4v) is 4.52. The van der Waals surface area contributed by atoms with E-state index in [1.807, 2.05) is 17.5 Å². The lowest BCUT2D eigenvalue weighted by Gasteiger charge is -2.55. The van der Waals surface area contributed by atoms with Crippen LogP contribution < -0.4 is 5.32 Å². The number of ether oxygens (including phenoxy) is 2. The molecule has 0 aliphatic carbocycles. The number of alkyl halides is 1. The van der Waals surface area contributed by atoms with Crippen LogP contribution >= 0.6 is 34.7 Å². The molecule has 1 unspecified atom stereocenters. The Morgan fingerprint density at radius 1 is 1.59 bits per heavy atom. The van der Waals surface area contributed by atoms with E-state index in [2.05, 4.69) is 5.32 Å². The van der Waals surface area contributed by atoms with Gasteiger partial charge in [0.1, 0.15) is 5.70 Å². The van der Waals surface area contributed by atoms with Crippen LogP contribution in [0.2, 0.25) is 0 Å². The van der Waals surface area contributed by atoms with Gasteiger partial charge in [-0.15, -0.1) is 34.7 Å². The SMILES string of the molecule is CO[C@@]1(NC(=O)Cc2cccs2)C(=O)N2C(C(=O)O)=C(CSCCl)COC21. The number of hydrogen-bond donors (Lipinski definition) is 2. The van der Waals surface area contributed by atoms with Crippen molar-refractivity contribution in [3.05, 3.63) is 33.7 Å². The molecule has 0 bridgehead atoms. The highest BCUT2D eigenvalue weighted by Crippen LogP contribution is 2.41. The molecule has 3 rings (SSSR count). The average Bonchev–Trinajstić information content (AvgIpc) is 3.15. The lowest BCUT2D eigenvalue weighted by atomic mass is 9.94. The van der Waals surface area contributed by atoms with Crippen molar-refractivity contribution in [1.29, 1.82) is 0 Å². The molecule has 0 radical (unpaired) electrons. The summed E-state index contributed by atoms with van der Waals surface area (Å²) in [6.07, 6.45) is -0.958. The monoisotopic (exact) mass is 432 g/mol. The maximum absolute atomic E-state index is 12.8. The Morgan fingerprint density at radius 3 is 2.96 bits per heavy atom. The molecular formula is C16H17ClN2O6S2. The fourth-order valence-electron chi connectivity index (χ4n) is 3.04. The number of hydrogen-bond acceptors (Lipinski definition) is 7.